The lowest BCUT2D eigenvalue weighted by Gasteiger charge is -2.25. The van der Waals surface area contributed by atoms with E-state index >= 15 is 0 Å². The molecule has 0 aliphatic carbocycles. The van der Waals surface area contributed by atoms with Gasteiger partial charge >= 0.3 is 12.0 Å². The Morgan fingerprint density at radius 3 is 2.35 bits per heavy atom. The molecular weight excluding hydrogens is 290 g/mol. The molecule has 0 aliphatic heterocycles. The number of hydrogen-bond donors (Lipinski definition) is 4. The van der Waals surface area contributed by atoms with Gasteiger partial charge in [0.2, 0.25) is 10.0 Å². The molecule has 2 amide bonds. The second-order valence-corrected chi connectivity index (χ2v) is 6.56. The van der Waals surface area contributed by atoms with Gasteiger partial charge in [-0.3, -0.25) is 0 Å². The third-order valence-electron chi connectivity index (χ3n) is 1.91. The fraction of sp³-hybridized carbons (Fsp3) is 0.800. The number of rotatable bonds is 9. The largest absolute Gasteiger partial charge is 0.480 e. The Balaban J connectivity index is 3.85. The number of carbonyl (C=O) groups is 2. The number of urea groups is 1. The predicted octanol–water partition coefficient (Wildman–Crippen LogP) is -1.29. The van der Waals surface area contributed by atoms with E-state index in [0.717, 1.165) is 6.26 Å². The molecule has 0 rings (SSSR count). The number of aliphatic carboxylic acids is 1. The van der Waals surface area contributed by atoms with E-state index in [1.807, 2.05) is 0 Å². The van der Waals surface area contributed by atoms with Gasteiger partial charge in [0, 0.05) is 18.6 Å². The van der Waals surface area contributed by atoms with Crippen molar-refractivity contribution in [2.75, 3.05) is 32.6 Å². The zero-order valence-corrected chi connectivity index (χ0v) is 12.5. The van der Waals surface area contributed by atoms with Gasteiger partial charge in [0.15, 0.2) is 0 Å². The minimum atomic E-state index is -3.36. The van der Waals surface area contributed by atoms with Crippen molar-refractivity contribution in [1.29, 1.82) is 0 Å². The van der Waals surface area contributed by atoms with Crippen LogP contribution in [0.3, 0.4) is 0 Å². The van der Waals surface area contributed by atoms with Gasteiger partial charge in [-0.25, -0.2) is 22.7 Å². The van der Waals surface area contributed by atoms with Gasteiger partial charge in [0.25, 0.3) is 0 Å². The van der Waals surface area contributed by atoms with Crippen molar-refractivity contribution in [2.24, 2.45) is 0 Å². The molecule has 10 heteroatoms. The maximum atomic E-state index is 11.4. The van der Waals surface area contributed by atoms with Crippen molar-refractivity contribution in [3.63, 3.8) is 0 Å². The first kappa shape index (κ1) is 18.6. The Bertz CT molecular complexity index is 434. The van der Waals surface area contributed by atoms with E-state index in [1.54, 1.807) is 13.8 Å². The van der Waals surface area contributed by atoms with Crippen LogP contribution in [-0.4, -0.2) is 63.6 Å². The molecule has 0 spiro atoms. The Kier molecular flexibility index (Phi) is 7.46. The van der Waals surface area contributed by atoms with E-state index in [0.29, 0.717) is 0 Å². The summed E-state index contributed by atoms with van der Waals surface area (Å²) in [4.78, 5) is 21.5. The molecule has 0 heterocycles. The summed E-state index contributed by atoms with van der Waals surface area (Å²) < 4.78 is 29.3. The minimum absolute atomic E-state index is 0.0741. The number of ether oxygens (including phenoxy) is 1. The number of sulfonamides is 1. The highest BCUT2D eigenvalue weighted by Gasteiger charge is 2.22. The third kappa shape index (κ3) is 11.7. The molecular formula is C10H21N3O6S. The van der Waals surface area contributed by atoms with Crippen LogP contribution in [0, 0.1) is 0 Å². The average molecular weight is 311 g/mol. The van der Waals surface area contributed by atoms with Crippen molar-refractivity contribution in [1.82, 2.24) is 15.4 Å². The fourth-order valence-electron chi connectivity index (χ4n) is 1.30. The van der Waals surface area contributed by atoms with Crippen LogP contribution in [0.25, 0.3) is 0 Å². The lowest BCUT2D eigenvalue weighted by molar-refractivity contribution is -0.142. The van der Waals surface area contributed by atoms with Crippen molar-refractivity contribution in [3.05, 3.63) is 0 Å². The maximum Gasteiger partial charge on any atom is 0.329 e. The molecule has 20 heavy (non-hydrogen) atoms. The fourth-order valence-corrected chi connectivity index (χ4v) is 2.37. The number of carbonyl (C=O) groups excluding carboxylic acids is 1. The Hall–Kier alpha value is -1.39. The van der Waals surface area contributed by atoms with Crippen LogP contribution in [0.5, 0.6) is 0 Å². The summed E-state index contributed by atoms with van der Waals surface area (Å²) in [5.74, 6) is -1.08. The SMILES string of the molecule is CC(C)(CNC(=O)NCCOCC(=O)O)NS(C)(=O)=O. The van der Waals surface area contributed by atoms with Crippen molar-refractivity contribution < 1.29 is 27.9 Å². The van der Waals surface area contributed by atoms with Crippen LogP contribution in [-0.2, 0) is 19.6 Å². The Morgan fingerprint density at radius 2 is 1.85 bits per heavy atom. The van der Waals surface area contributed by atoms with E-state index in [9.17, 15) is 18.0 Å². The first-order valence-electron chi connectivity index (χ1n) is 5.82. The summed E-state index contributed by atoms with van der Waals surface area (Å²) >= 11 is 0. The van der Waals surface area contributed by atoms with E-state index in [4.69, 9.17) is 9.84 Å². The summed E-state index contributed by atoms with van der Waals surface area (Å²) in [6, 6.07) is -0.493. The highest BCUT2D eigenvalue weighted by Crippen LogP contribution is 2.01. The zero-order chi connectivity index (χ0) is 15.8. The molecule has 118 valence electrons. The molecule has 0 aliphatic rings. The second kappa shape index (κ2) is 8.02. The molecule has 0 atom stereocenters. The summed E-state index contributed by atoms with van der Waals surface area (Å²) in [7, 11) is -3.36. The van der Waals surface area contributed by atoms with Crippen LogP contribution in [0.15, 0.2) is 0 Å². The molecule has 0 saturated heterocycles. The Labute approximate surface area is 118 Å². The molecule has 4 N–H and O–H groups in total. The van der Waals surface area contributed by atoms with Crippen molar-refractivity contribution >= 4 is 22.0 Å². The number of carboxylic acids is 1. The molecule has 0 aromatic heterocycles. The van der Waals surface area contributed by atoms with Gasteiger partial charge in [-0.15, -0.1) is 0 Å². The van der Waals surface area contributed by atoms with Crippen molar-refractivity contribution in [3.8, 4) is 0 Å². The number of carboxylic acid groups (broad SMARTS) is 1. The van der Waals surface area contributed by atoms with Gasteiger partial charge in [-0.2, -0.15) is 0 Å². The van der Waals surface area contributed by atoms with E-state index in [1.165, 1.54) is 0 Å². The lowest BCUT2D eigenvalue weighted by Crippen LogP contribution is -2.52. The van der Waals surface area contributed by atoms with E-state index < -0.39 is 34.2 Å². The van der Waals surface area contributed by atoms with Crippen LogP contribution in [0.4, 0.5) is 4.79 Å². The van der Waals surface area contributed by atoms with Crippen molar-refractivity contribution in [2.45, 2.75) is 19.4 Å². The lowest BCUT2D eigenvalue weighted by atomic mass is 10.1. The molecule has 0 unspecified atom stereocenters. The van der Waals surface area contributed by atoms with Gasteiger partial charge in [-0.1, -0.05) is 0 Å². The standard InChI is InChI=1S/C10H21N3O6S/c1-10(2,13-20(3,17)18)7-12-9(16)11-4-5-19-6-8(14)15/h13H,4-7H2,1-3H3,(H,14,15)(H2,11,12,16). The van der Waals surface area contributed by atoms with Crippen LogP contribution in [0.2, 0.25) is 0 Å². The topological polar surface area (TPSA) is 134 Å². The molecule has 0 bridgehead atoms. The predicted molar refractivity (Wildman–Crippen MR) is 71.9 cm³/mol. The van der Waals surface area contributed by atoms with Crippen LogP contribution >= 0.6 is 0 Å². The molecule has 0 radical (unpaired) electrons. The van der Waals surface area contributed by atoms with Gasteiger partial charge < -0.3 is 20.5 Å². The average Bonchev–Trinajstić information content (AvgIpc) is 2.22. The monoisotopic (exact) mass is 311 g/mol. The molecule has 0 saturated carbocycles. The number of amides is 2. The highest BCUT2D eigenvalue weighted by atomic mass is 32.2. The molecule has 0 aromatic carbocycles. The first-order valence-corrected chi connectivity index (χ1v) is 7.71. The van der Waals surface area contributed by atoms with Gasteiger partial charge in [0.1, 0.15) is 6.61 Å². The first-order chi connectivity index (χ1) is 9.02. The molecule has 9 nitrogen and oxygen atoms in total. The molecule has 0 fully saturated rings. The van der Waals surface area contributed by atoms with E-state index in [-0.39, 0.29) is 19.7 Å². The minimum Gasteiger partial charge on any atom is -0.480 e. The smallest absolute Gasteiger partial charge is 0.329 e. The van der Waals surface area contributed by atoms with Gasteiger partial charge in [-0.05, 0) is 13.8 Å². The highest BCUT2D eigenvalue weighted by molar-refractivity contribution is 7.88. The summed E-state index contributed by atoms with van der Waals surface area (Å²) in [6.07, 6.45) is 1.04. The summed E-state index contributed by atoms with van der Waals surface area (Å²) in [6.45, 7) is 3.16. The number of hydrogen-bond acceptors (Lipinski definition) is 5. The second-order valence-electron chi connectivity index (χ2n) is 4.81. The Morgan fingerprint density at radius 1 is 1.25 bits per heavy atom. The van der Waals surface area contributed by atoms with Crippen LogP contribution in [0.1, 0.15) is 13.8 Å². The molecule has 0 aromatic rings. The van der Waals surface area contributed by atoms with Crippen LogP contribution < -0.4 is 15.4 Å². The normalized spacial score (nSPS) is 11.9. The maximum absolute atomic E-state index is 11.4. The van der Waals surface area contributed by atoms with Gasteiger partial charge in [0.05, 0.1) is 12.9 Å². The third-order valence-corrected chi connectivity index (χ3v) is 2.83. The van der Waals surface area contributed by atoms with E-state index in [2.05, 4.69) is 15.4 Å². The quantitative estimate of drug-likeness (QED) is 0.392. The summed E-state index contributed by atoms with van der Waals surface area (Å²) in [5.41, 5.74) is -0.815. The zero-order valence-electron chi connectivity index (χ0n) is 11.7. The number of nitrogens with one attached hydrogen (secondary N) is 3. The summed E-state index contributed by atoms with van der Waals surface area (Å²) in [5, 5.41) is 13.3.